The van der Waals surface area contributed by atoms with Crippen LogP contribution in [0.2, 0.25) is 0 Å². The molecule has 2 aromatic rings. The number of nitrogen functional groups attached to an aromatic ring is 1. The van der Waals surface area contributed by atoms with Crippen LogP contribution in [0.1, 0.15) is 18.1 Å². The van der Waals surface area contributed by atoms with E-state index in [4.69, 9.17) is 5.73 Å². The van der Waals surface area contributed by atoms with Crippen molar-refractivity contribution in [2.24, 2.45) is 0 Å². The van der Waals surface area contributed by atoms with Crippen molar-refractivity contribution in [1.29, 1.82) is 0 Å². The molecule has 0 bridgehead atoms. The van der Waals surface area contributed by atoms with Gasteiger partial charge in [0, 0.05) is 5.56 Å². The summed E-state index contributed by atoms with van der Waals surface area (Å²) in [6.07, 6.45) is -3.61. The SMILES string of the molecule is CCc1cccc(-c2cc(C(F)(F)F)cc(N)n2)c1. The molecule has 0 amide bonds. The van der Waals surface area contributed by atoms with Crippen LogP contribution in [0.15, 0.2) is 36.4 Å². The topological polar surface area (TPSA) is 38.9 Å². The minimum Gasteiger partial charge on any atom is -0.384 e. The number of nitrogens with two attached hydrogens (primary N) is 1. The molecule has 1 heterocycles. The minimum atomic E-state index is -4.42. The molecule has 0 saturated carbocycles. The normalized spacial score (nSPS) is 11.6. The second-order valence-corrected chi connectivity index (χ2v) is 4.22. The van der Waals surface area contributed by atoms with E-state index in [2.05, 4.69) is 4.98 Å². The van der Waals surface area contributed by atoms with Gasteiger partial charge in [0.15, 0.2) is 0 Å². The average molecular weight is 266 g/mol. The van der Waals surface area contributed by atoms with Crippen molar-refractivity contribution < 1.29 is 13.2 Å². The minimum absolute atomic E-state index is 0.133. The summed E-state index contributed by atoms with van der Waals surface area (Å²) in [5.41, 5.74) is 6.58. The number of rotatable bonds is 2. The molecule has 100 valence electrons. The molecular weight excluding hydrogens is 253 g/mol. The number of nitrogens with zero attached hydrogens (tertiary/aromatic N) is 1. The Hall–Kier alpha value is -2.04. The molecule has 0 fully saturated rings. The fourth-order valence-electron chi connectivity index (χ4n) is 1.81. The summed E-state index contributed by atoms with van der Waals surface area (Å²) in [4.78, 5) is 3.97. The Bertz CT molecular complexity index is 591. The lowest BCUT2D eigenvalue weighted by atomic mass is 10.0. The van der Waals surface area contributed by atoms with Gasteiger partial charge >= 0.3 is 6.18 Å². The highest BCUT2D eigenvalue weighted by Crippen LogP contribution is 2.32. The van der Waals surface area contributed by atoms with Crippen LogP contribution >= 0.6 is 0 Å². The zero-order valence-electron chi connectivity index (χ0n) is 10.3. The Morgan fingerprint density at radius 2 is 1.89 bits per heavy atom. The Kier molecular flexibility index (Phi) is 3.46. The van der Waals surface area contributed by atoms with Crippen molar-refractivity contribution in [2.75, 3.05) is 5.73 Å². The van der Waals surface area contributed by atoms with Crippen LogP contribution in [0.5, 0.6) is 0 Å². The van der Waals surface area contributed by atoms with Gasteiger partial charge in [-0.3, -0.25) is 0 Å². The maximum Gasteiger partial charge on any atom is 0.416 e. The standard InChI is InChI=1S/C14H13F3N2/c1-2-9-4-3-5-10(6-9)12-7-11(14(15,16)17)8-13(18)19-12/h3-8H,2H2,1H3,(H2,18,19). The average Bonchev–Trinajstić information content (AvgIpc) is 2.37. The Morgan fingerprint density at radius 1 is 1.16 bits per heavy atom. The van der Waals surface area contributed by atoms with Crippen LogP contribution in [0, 0.1) is 0 Å². The molecule has 1 aromatic heterocycles. The quantitative estimate of drug-likeness (QED) is 0.895. The third-order valence-corrected chi connectivity index (χ3v) is 2.80. The maximum atomic E-state index is 12.7. The molecule has 19 heavy (non-hydrogen) atoms. The van der Waals surface area contributed by atoms with E-state index in [1.54, 1.807) is 12.1 Å². The van der Waals surface area contributed by atoms with Crippen LogP contribution in [0.25, 0.3) is 11.3 Å². The maximum absolute atomic E-state index is 12.7. The van der Waals surface area contributed by atoms with E-state index >= 15 is 0 Å². The highest BCUT2D eigenvalue weighted by atomic mass is 19.4. The first kappa shape index (κ1) is 13.4. The monoisotopic (exact) mass is 266 g/mol. The van der Waals surface area contributed by atoms with Crippen molar-refractivity contribution in [3.8, 4) is 11.3 Å². The van der Waals surface area contributed by atoms with Gasteiger partial charge in [-0.15, -0.1) is 0 Å². The molecule has 5 heteroatoms. The van der Waals surface area contributed by atoms with Gasteiger partial charge in [0.2, 0.25) is 0 Å². The molecule has 2 rings (SSSR count). The van der Waals surface area contributed by atoms with Crippen LogP contribution in [-0.2, 0) is 12.6 Å². The number of anilines is 1. The third-order valence-electron chi connectivity index (χ3n) is 2.80. The molecule has 1 aromatic carbocycles. The predicted molar refractivity (Wildman–Crippen MR) is 68.5 cm³/mol. The number of hydrogen-bond acceptors (Lipinski definition) is 2. The van der Waals surface area contributed by atoms with Crippen molar-refractivity contribution in [3.63, 3.8) is 0 Å². The second-order valence-electron chi connectivity index (χ2n) is 4.22. The number of aryl methyl sites for hydroxylation is 1. The number of alkyl halides is 3. The summed E-state index contributed by atoms with van der Waals surface area (Å²) in [5.74, 6) is -0.133. The molecule has 0 aliphatic carbocycles. The molecular formula is C14H13F3N2. The summed E-state index contributed by atoms with van der Waals surface area (Å²) in [6, 6.07) is 9.12. The van der Waals surface area contributed by atoms with Gasteiger partial charge in [-0.2, -0.15) is 13.2 Å². The second kappa shape index (κ2) is 4.91. The summed E-state index contributed by atoms with van der Waals surface area (Å²) in [7, 11) is 0. The van der Waals surface area contributed by atoms with Gasteiger partial charge in [0.25, 0.3) is 0 Å². The van der Waals surface area contributed by atoms with Crippen molar-refractivity contribution in [2.45, 2.75) is 19.5 Å². The Balaban J connectivity index is 2.53. The van der Waals surface area contributed by atoms with Crippen LogP contribution in [0.3, 0.4) is 0 Å². The molecule has 0 radical (unpaired) electrons. The van der Waals surface area contributed by atoms with E-state index in [0.29, 0.717) is 5.56 Å². The van der Waals surface area contributed by atoms with Gasteiger partial charge in [0.1, 0.15) is 5.82 Å². The molecule has 0 saturated heterocycles. The lowest BCUT2D eigenvalue weighted by Crippen LogP contribution is -2.07. The molecule has 2 nitrogen and oxygen atoms in total. The molecule has 0 aliphatic rings. The summed E-state index contributed by atoms with van der Waals surface area (Å²) >= 11 is 0. The highest BCUT2D eigenvalue weighted by Gasteiger charge is 2.31. The van der Waals surface area contributed by atoms with E-state index in [-0.39, 0.29) is 11.5 Å². The molecule has 0 spiro atoms. The molecule has 0 unspecified atom stereocenters. The van der Waals surface area contributed by atoms with Gasteiger partial charge in [-0.1, -0.05) is 25.1 Å². The number of benzene rings is 1. The predicted octanol–water partition coefficient (Wildman–Crippen LogP) is 3.91. The zero-order valence-corrected chi connectivity index (χ0v) is 10.3. The summed E-state index contributed by atoms with van der Waals surface area (Å²) in [5, 5.41) is 0. The number of pyridine rings is 1. The van der Waals surface area contributed by atoms with Crippen LogP contribution in [-0.4, -0.2) is 4.98 Å². The smallest absolute Gasteiger partial charge is 0.384 e. The lowest BCUT2D eigenvalue weighted by molar-refractivity contribution is -0.137. The largest absolute Gasteiger partial charge is 0.416 e. The number of halogens is 3. The first-order chi connectivity index (χ1) is 8.90. The molecule has 2 N–H and O–H groups in total. The van der Waals surface area contributed by atoms with Gasteiger partial charge < -0.3 is 5.73 Å². The third kappa shape index (κ3) is 3.05. The van der Waals surface area contributed by atoms with E-state index < -0.39 is 11.7 Å². The fraction of sp³-hybridized carbons (Fsp3) is 0.214. The molecule has 0 aliphatic heterocycles. The molecule has 0 atom stereocenters. The van der Waals surface area contributed by atoms with E-state index in [9.17, 15) is 13.2 Å². The highest BCUT2D eigenvalue weighted by molar-refractivity contribution is 5.63. The lowest BCUT2D eigenvalue weighted by Gasteiger charge is -2.10. The number of hydrogen-bond donors (Lipinski definition) is 1. The van der Waals surface area contributed by atoms with Crippen molar-refractivity contribution >= 4 is 5.82 Å². The van der Waals surface area contributed by atoms with Gasteiger partial charge in [-0.25, -0.2) is 4.98 Å². The van der Waals surface area contributed by atoms with E-state index in [1.807, 2.05) is 19.1 Å². The Labute approximate surface area is 109 Å². The van der Waals surface area contributed by atoms with E-state index in [0.717, 1.165) is 24.1 Å². The van der Waals surface area contributed by atoms with Gasteiger partial charge in [-0.05, 0) is 30.2 Å². The van der Waals surface area contributed by atoms with Crippen LogP contribution < -0.4 is 5.73 Å². The van der Waals surface area contributed by atoms with Crippen molar-refractivity contribution in [3.05, 3.63) is 47.5 Å². The first-order valence-electron chi connectivity index (χ1n) is 5.84. The van der Waals surface area contributed by atoms with Crippen LogP contribution in [0.4, 0.5) is 19.0 Å². The van der Waals surface area contributed by atoms with Crippen molar-refractivity contribution in [1.82, 2.24) is 4.98 Å². The summed E-state index contributed by atoms with van der Waals surface area (Å²) < 4.78 is 38.2. The summed E-state index contributed by atoms with van der Waals surface area (Å²) in [6.45, 7) is 1.98. The first-order valence-corrected chi connectivity index (χ1v) is 5.84. The fourth-order valence-corrected chi connectivity index (χ4v) is 1.81. The van der Waals surface area contributed by atoms with Gasteiger partial charge in [0.05, 0.1) is 11.3 Å². The number of aromatic nitrogens is 1. The zero-order chi connectivity index (χ0) is 14.0. The Morgan fingerprint density at radius 3 is 2.53 bits per heavy atom. The van der Waals surface area contributed by atoms with E-state index in [1.165, 1.54) is 0 Å².